The van der Waals surface area contributed by atoms with Gasteiger partial charge in [-0.1, -0.05) is 18.2 Å². The number of rotatable bonds is 5. The quantitative estimate of drug-likeness (QED) is 0.158. The minimum atomic E-state index is -5.12. The molecule has 0 aliphatic heterocycles. The van der Waals surface area contributed by atoms with Crippen molar-refractivity contribution in [3.05, 3.63) is 70.3 Å². The van der Waals surface area contributed by atoms with Crippen LogP contribution in [0.4, 0.5) is 11.4 Å². The molecule has 32 heavy (non-hydrogen) atoms. The molecule has 3 aromatic rings. The van der Waals surface area contributed by atoms with E-state index in [0.29, 0.717) is 0 Å². The maximum atomic E-state index is 12.5. The summed E-state index contributed by atoms with van der Waals surface area (Å²) in [6.45, 7) is 0. The number of anilines is 1. The number of nitrogens with zero attached hydrogens (tertiary/aromatic N) is 1. The van der Waals surface area contributed by atoms with Gasteiger partial charge in [-0.15, -0.1) is 0 Å². The molecule has 0 atom stereocenters. The summed E-state index contributed by atoms with van der Waals surface area (Å²) in [4.78, 5) is 21.1. The van der Waals surface area contributed by atoms with Gasteiger partial charge in [0.2, 0.25) is 0 Å². The molecule has 156 valence electrons. The monoisotopic (exact) mass is 496 g/mol. The molecule has 0 unspecified atom stereocenters. The molecule has 0 bridgehead atoms. The molecular formula is C17H10N2Na2O9S2. The smallest absolute Gasteiger partial charge is 0.744 e. The fourth-order valence-corrected chi connectivity index (χ4v) is 4.22. The zero-order chi connectivity index (χ0) is 22.3. The van der Waals surface area contributed by atoms with Gasteiger partial charge in [0, 0.05) is 28.5 Å². The zero-order valence-corrected chi connectivity index (χ0v) is 22.3. The summed E-state index contributed by atoms with van der Waals surface area (Å²) in [5.74, 6) is -0.893. The molecule has 1 N–H and O–H groups in total. The van der Waals surface area contributed by atoms with Crippen LogP contribution in [0.2, 0.25) is 0 Å². The summed E-state index contributed by atoms with van der Waals surface area (Å²) < 4.78 is 69.6. The molecule has 11 nitrogen and oxygen atoms in total. The van der Waals surface area contributed by atoms with Crippen molar-refractivity contribution in [2.24, 2.45) is 0 Å². The van der Waals surface area contributed by atoms with E-state index in [4.69, 9.17) is 0 Å². The van der Waals surface area contributed by atoms with Gasteiger partial charge in [-0.25, -0.2) is 16.8 Å². The molecule has 3 rings (SSSR count). The SMILES string of the molecule is O=C(Nc1ccc(S(=O)(=O)[O-])c2cccc(S(=O)(=O)[O-])c12)c1cccc([N+](=O)[O-])c1.[Na+].[Na+]. The molecule has 0 aliphatic rings. The Morgan fingerprint density at radius 3 is 2.00 bits per heavy atom. The van der Waals surface area contributed by atoms with Crippen LogP contribution in [-0.2, 0) is 20.2 Å². The number of nitrogens with one attached hydrogen (secondary N) is 1. The molecule has 0 spiro atoms. The number of benzene rings is 3. The molecule has 0 saturated heterocycles. The standard InChI is InChI=1S/C17H12N2O9S2.2Na/c20-17(10-3-1-4-11(9-10)19(21)22)18-13-7-8-14(29(23,24)25)12-5-2-6-15(16(12)13)30(26,27)28;;/h1-9H,(H,18,20)(H,23,24,25)(H,26,27,28);;/q;2*+1/p-2. The van der Waals surface area contributed by atoms with Crippen molar-refractivity contribution in [1.29, 1.82) is 0 Å². The molecule has 0 heterocycles. The van der Waals surface area contributed by atoms with Gasteiger partial charge < -0.3 is 14.4 Å². The van der Waals surface area contributed by atoms with E-state index < -0.39 is 46.2 Å². The van der Waals surface area contributed by atoms with Gasteiger partial charge in [0.05, 0.1) is 20.4 Å². The largest absolute Gasteiger partial charge is 1.00 e. The topological polar surface area (TPSA) is 187 Å². The minimum absolute atomic E-state index is 0. The van der Waals surface area contributed by atoms with Crippen LogP contribution >= 0.6 is 0 Å². The number of hydrogen-bond donors (Lipinski definition) is 1. The molecule has 1 amide bonds. The van der Waals surface area contributed by atoms with Crippen molar-refractivity contribution in [2.75, 3.05) is 5.32 Å². The maximum absolute atomic E-state index is 12.5. The van der Waals surface area contributed by atoms with E-state index >= 15 is 0 Å². The van der Waals surface area contributed by atoms with Gasteiger partial charge in [-0.05, 0) is 24.3 Å². The Bertz CT molecular complexity index is 1430. The van der Waals surface area contributed by atoms with Crippen molar-refractivity contribution < 1.29 is 94.8 Å². The minimum Gasteiger partial charge on any atom is -0.744 e. The van der Waals surface area contributed by atoms with Crippen LogP contribution in [0.15, 0.2) is 64.4 Å². The summed E-state index contributed by atoms with van der Waals surface area (Å²) in [5.41, 5.74) is -0.799. The molecule has 3 aromatic carbocycles. The van der Waals surface area contributed by atoms with Crippen LogP contribution in [0, 0.1) is 10.1 Å². The number of nitro groups is 1. The average Bonchev–Trinajstić information content (AvgIpc) is 2.66. The predicted molar refractivity (Wildman–Crippen MR) is 101 cm³/mol. The summed E-state index contributed by atoms with van der Waals surface area (Å²) in [7, 11) is -10.2. The Morgan fingerprint density at radius 1 is 0.844 bits per heavy atom. The first-order valence-electron chi connectivity index (χ1n) is 7.93. The van der Waals surface area contributed by atoms with Crippen LogP contribution in [-0.4, -0.2) is 36.8 Å². The van der Waals surface area contributed by atoms with Crippen molar-refractivity contribution in [3.8, 4) is 0 Å². The van der Waals surface area contributed by atoms with Crippen LogP contribution < -0.4 is 64.4 Å². The van der Waals surface area contributed by atoms with Crippen molar-refractivity contribution in [2.45, 2.75) is 9.79 Å². The third-order valence-corrected chi connectivity index (χ3v) is 5.84. The van der Waals surface area contributed by atoms with Crippen LogP contribution in [0.3, 0.4) is 0 Å². The number of fused-ring (bicyclic) bond motifs is 1. The second-order valence-corrected chi connectivity index (χ2v) is 8.66. The average molecular weight is 496 g/mol. The number of carbonyl (C=O) groups is 1. The molecule has 15 heteroatoms. The van der Waals surface area contributed by atoms with Crippen LogP contribution in [0.25, 0.3) is 10.8 Å². The van der Waals surface area contributed by atoms with Crippen molar-refractivity contribution in [3.63, 3.8) is 0 Å². The van der Waals surface area contributed by atoms with Gasteiger partial charge >= 0.3 is 59.1 Å². The first-order chi connectivity index (χ1) is 13.9. The van der Waals surface area contributed by atoms with Gasteiger partial charge in [-0.3, -0.25) is 14.9 Å². The van der Waals surface area contributed by atoms with E-state index in [-0.39, 0.29) is 81.4 Å². The van der Waals surface area contributed by atoms with Gasteiger partial charge in [-0.2, -0.15) is 0 Å². The Kier molecular flexibility index (Phi) is 9.57. The van der Waals surface area contributed by atoms with E-state index in [1.165, 1.54) is 12.1 Å². The number of amides is 1. The normalized spacial score (nSPS) is 11.2. The van der Waals surface area contributed by atoms with Gasteiger partial charge in [0.1, 0.15) is 20.2 Å². The molecule has 0 aromatic heterocycles. The van der Waals surface area contributed by atoms with Crippen molar-refractivity contribution in [1.82, 2.24) is 0 Å². The molecule has 0 fully saturated rings. The number of hydrogen-bond acceptors (Lipinski definition) is 9. The Hall–Kier alpha value is -1.39. The Labute approximate surface area is 226 Å². The van der Waals surface area contributed by atoms with E-state index in [1.54, 1.807) is 0 Å². The molecule has 0 saturated carbocycles. The third-order valence-electron chi connectivity index (χ3n) is 4.07. The van der Waals surface area contributed by atoms with Gasteiger partial charge in [0.25, 0.3) is 11.6 Å². The Balaban J connectivity index is 0.00000256. The summed E-state index contributed by atoms with van der Waals surface area (Å²) in [6, 6.07) is 9.53. The van der Waals surface area contributed by atoms with E-state index in [9.17, 15) is 40.8 Å². The number of nitro benzene ring substituents is 1. The second-order valence-electron chi connectivity index (χ2n) is 5.96. The Morgan fingerprint density at radius 2 is 1.44 bits per heavy atom. The third kappa shape index (κ3) is 6.14. The first-order valence-corrected chi connectivity index (χ1v) is 10.7. The first kappa shape index (κ1) is 28.6. The number of non-ortho nitro benzene ring substituents is 1. The fraction of sp³-hybridized carbons (Fsp3) is 0. The van der Waals surface area contributed by atoms with Crippen LogP contribution in [0.1, 0.15) is 10.4 Å². The number of carbonyl (C=O) groups excluding carboxylic acids is 1. The fourth-order valence-electron chi connectivity index (χ4n) is 2.83. The summed E-state index contributed by atoms with van der Waals surface area (Å²) in [6.07, 6.45) is 0. The summed E-state index contributed by atoms with van der Waals surface area (Å²) >= 11 is 0. The maximum Gasteiger partial charge on any atom is 1.00 e. The van der Waals surface area contributed by atoms with Gasteiger partial charge in [0.15, 0.2) is 0 Å². The molecule has 0 aliphatic carbocycles. The second kappa shape index (κ2) is 10.7. The zero-order valence-electron chi connectivity index (χ0n) is 16.6. The predicted octanol–water partition coefficient (Wildman–Crippen LogP) is -4.18. The van der Waals surface area contributed by atoms with Crippen molar-refractivity contribution >= 4 is 48.3 Å². The van der Waals surface area contributed by atoms with E-state index in [2.05, 4.69) is 5.32 Å². The molecular weight excluding hydrogens is 486 g/mol. The van der Waals surface area contributed by atoms with E-state index in [1.807, 2.05) is 0 Å². The summed E-state index contributed by atoms with van der Waals surface area (Å²) in [5, 5.41) is 12.3. The van der Waals surface area contributed by atoms with E-state index in [0.717, 1.165) is 42.5 Å². The van der Waals surface area contributed by atoms with Crippen LogP contribution in [0.5, 0.6) is 0 Å². The molecule has 0 radical (unpaired) electrons.